The van der Waals surface area contributed by atoms with Gasteiger partial charge in [-0.1, -0.05) is 30.3 Å². The van der Waals surface area contributed by atoms with Crippen LogP contribution < -0.4 is 5.56 Å². The third kappa shape index (κ3) is 3.60. The maximum atomic E-state index is 12.7. The first-order valence-electron chi connectivity index (χ1n) is 9.34. The van der Waals surface area contributed by atoms with Gasteiger partial charge in [0.25, 0.3) is 5.56 Å². The van der Waals surface area contributed by atoms with Crippen LogP contribution >= 0.6 is 11.5 Å². The molecule has 0 aliphatic carbocycles. The second-order valence-corrected chi connectivity index (χ2v) is 8.44. The quantitative estimate of drug-likeness (QED) is 0.700. The summed E-state index contributed by atoms with van der Waals surface area (Å²) in [6.07, 6.45) is 3.57. The summed E-state index contributed by atoms with van der Waals surface area (Å²) in [7, 11) is 0. The van der Waals surface area contributed by atoms with Crippen molar-refractivity contribution in [3.8, 4) is 0 Å². The van der Waals surface area contributed by atoms with Crippen LogP contribution in [0.2, 0.25) is 0 Å². The smallest absolute Gasteiger partial charge is 0.271 e. The first-order chi connectivity index (χ1) is 12.6. The van der Waals surface area contributed by atoms with E-state index in [0.717, 1.165) is 40.5 Å². The molecule has 2 aromatic heterocycles. The molecule has 1 saturated heterocycles. The van der Waals surface area contributed by atoms with E-state index >= 15 is 0 Å². The van der Waals surface area contributed by atoms with Crippen LogP contribution in [0.25, 0.3) is 10.2 Å². The van der Waals surface area contributed by atoms with Gasteiger partial charge in [0.05, 0.1) is 12.1 Å². The van der Waals surface area contributed by atoms with Crippen LogP contribution in [0, 0.1) is 19.8 Å². The molecule has 4 nitrogen and oxygen atoms in total. The third-order valence-corrected chi connectivity index (χ3v) is 6.32. The Morgan fingerprint density at radius 1 is 1.15 bits per heavy atom. The number of pyridine rings is 1. The molecule has 4 rings (SSSR count). The first kappa shape index (κ1) is 17.4. The number of aryl methyl sites for hydroxylation is 2. The van der Waals surface area contributed by atoms with Crippen LogP contribution in [-0.2, 0) is 13.1 Å². The molecule has 1 aliphatic heterocycles. The highest BCUT2D eigenvalue weighted by molar-refractivity contribution is 7.13. The lowest BCUT2D eigenvalue weighted by atomic mass is 9.90. The number of fused-ring (bicyclic) bond motifs is 1. The van der Waals surface area contributed by atoms with Gasteiger partial charge in [-0.3, -0.25) is 9.69 Å². The molecule has 0 atom stereocenters. The van der Waals surface area contributed by atoms with Crippen molar-refractivity contribution in [2.45, 2.75) is 39.8 Å². The molecule has 1 aliphatic rings. The first-order valence-corrected chi connectivity index (χ1v) is 10.1. The van der Waals surface area contributed by atoms with Gasteiger partial charge < -0.3 is 0 Å². The van der Waals surface area contributed by atoms with E-state index in [0.29, 0.717) is 6.67 Å². The molecule has 26 heavy (non-hydrogen) atoms. The average Bonchev–Trinajstić information content (AvgIpc) is 2.93. The van der Waals surface area contributed by atoms with Gasteiger partial charge in [-0.25, -0.2) is 8.94 Å². The van der Waals surface area contributed by atoms with Gasteiger partial charge in [-0.05, 0) is 67.8 Å². The zero-order valence-electron chi connectivity index (χ0n) is 15.4. The number of nitrogens with zero attached hydrogens (tertiary/aromatic N) is 3. The summed E-state index contributed by atoms with van der Waals surface area (Å²) in [6.45, 7) is 6.80. The third-order valence-electron chi connectivity index (χ3n) is 5.35. The molecule has 5 heteroatoms. The van der Waals surface area contributed by atoms with E-state index in [9.17, 15) is 4.79 Å². The Morgan fingerprint density at radius 3 is 2.62 bits per heavy atom. The monoisotopic (exact) mass is 367 g/mol. The molecule has 1 aromatic carbocycles. The highest BCUT2D eigenvalue weighted by atomic mass is 32.1. The normalized spacial score (nSPS) is 16.4. The minimum absolute atomic E-state index is 0.112. The Bertz CT molecular complexity index is 953. The zero-order valence-corrected chi connectivity index (χ0v) is 16.3. The minimum atomic E-state index is 0.112. The number of likely N-dealkylation sites (tertiary alicyclic amines) is 1. The highest BCUT2D eigenvalue weighted by Gasteiger charge is 2.21. The summed E-state index contributed by atoms with van der Waals surface area (Å²) in [5.41, 5.74) is 3.56. The van der Waals surface area contributed by atoms with Gasteiger partial charge >= 0.3 is 0 Å². The van der Waals surface area contributed by atoms with E-state index in [4.69, 9.17) is 0 Å². The van der Waals surface area contributed by atoms with E-state index in [-0.39, 0.29) is 5.56 Å². The lowest BCUT2D eigenvalue weighted by molar-refractivity contribution is 0.151. The Hall–Kier alpha value is -1.98. The van der Waals surface area contributed by atoms with Gasteiger partial charge in [0.1, 0.15) is 4.83 Å². The van der Waals surface area contributed by atoms with Gasteiger partial charge in [0.15, 0.2) is 0 Å². The minimum Gasteiger partial charge on any atom is -0.285 e. The summed E-state index contributed by atoms with van der Waals surface area (Å²) in [4.78, 5) is 20.6. The standard InChI is InChI=1S/C21H25N3OS/c1-15-12-16(2)22-20-19(15)21(25)24(26-20)14-23-10-8-18(9-11-23)13-17-6-4-3-5-7-17/h3-7,12,18H,8-11,13-14H2,1-2H3. The van der Waals surface area contributed by atoms with Crippen molar-refractivity contribution in [1.82, 2.24) is 13.8 Å². The van der Waals surface area contributed by atoms with Crippen LogP contribution in [0.1, 0.15) is 29.7 Å². The van der Waals surface area contributed by atoms with Crippen LogP contribution in [-0.4, -0.2) is 26.9 Å². The lowest BCUT2D eigenvalue weighted by Gasteiger charge is -2.31. The molecular weight excluding hydrogens is 342 g/mol. The topological polar surface area (TPSA) is 38.1 Å². The van der Waals surface area contributed by atoms with Gasteiger partial charge in [0, 0.05) is 18.8 Å². The Labute approximate surface area is 158 Å². The lowest BCUT2D eigenvalue weighted by Crippen LogP contribution is -2.37. The predicted molar refractivity (Wildman–Crippen MR) is 108 cm³/mol. The van der Waals surface area contributed by atoms with Crippen LogP contribution in [0.4, 0.5) is 0 Å². The summed E-state index contributed by atoms with van der Waals surface area (Å²) >= 11 is 1.50. The number of benzene rings is 1. The van der Waals surface area contributed by atoms with Crippen LogP contribution in [0.15, 0.2) is 41.2 Å². The fourth-order valence-electron chi connectivity index (χ4n) is 3.95. The van der Waals surface area contributed by atoms with E-state index in [1.54, 1.807) is 0 Å². The number of hydrogen-bond acceptors (Lipinski definition) is 4. The summed E-state index contributed by atoms with van der Waals surface area (Å²) in [6, 6.07) is 12.8. The molecule has 0 saturated carbocycles. The van der Waals surface area contributed by atoms with E-state index in [2.05, 4.69) is 40.2 Å². The summed E-state index contributed by atoms with van der Waals surface area (Å²) in [5.74, 6) is 0.749. The summed E-state index contributed by atoms with van der Waals surface area (Å²) in [5, 5.41) is 0.791. The Balaban J connectivity index is 1.42. The molecular formula is C21H25N3OS. The van der Waals surface area contributed by atoms with Crippen LogP contribution in [0.5, 0.6) is 0 Å². The largest absolute Gasteiger partial charge is 0.285 e. The second-order valence-electron chi connectivity index (χ2n) is 7.43. The average molecular weight is 368 g/mol. The fraction of sp³-hybridized carbons (Fsp3) is 0.429. The molecule has 3 heterocycles. The fourth-order valence-corrected chi connectivity index (χ4v) is 5.08. The molecule has 0 N–H and O–H groups in total. The zero-order chi connectivity index (χ0) is 18.1. The molecule has 0 spiro atoms. The second kappa shape index (κ2) is 7.33. The molecule has 1 fully saturated rings. The van der Waals surface area contributed by atoms with Gasteiger partial charge in [0.2, 0.25) is 0 Å². The molecule has 0 bridgehead atoms. The van der Waals surface area contributed by atoms with Crippen LogP contribution in [0.3, 0.4) is 0 Å². The highest BCUT2D eigenvalue weighted by Crippen LogP contribution is 2.23. The van der Waals surface area contributed by atoms with Crippen molar-refractivity contribution >= 4 is 21.7 Å². The van der Waals surface area contributed by atoms with Crippen molar-refractivity contribution in [2.24, 2.45) is 5.92 Å². The molecule has 136 valence electrons. The van der Waals surface area contributed by atoms with Crippen molar-refractivity contribution in [2.75, 3.05) is 13.1 Å². The Kier molecular flexibility index (Phi) is 4.92. The van der Waals surface area contributed by atoms with E-state index in [1.165, 1.54) is 36.4 Å². The van der Waals surface area contributed by atoms with E-state index in [1.807, 2.05) is 23.9 Å². The summed E-state index contributed by atoms with van der Waals surface area (Å²) < 4.78 is 1.88. The van der Waals surface area contributed by atoms with Crippen molar-refractivity contribution in [3.05, 3.63) is 63.6 Å². The van der Waals surface area contributed by atoms with Gasteiger partial charge in [-0.15, -0.1) is 0 Å². The predicted octanol–water partition coefficient (Wildman–Crippen LogP) is 3.99. The number of hydrogen-bond donors (Lipinski definition) is 0. The van der Waals surface area contributed by atoms with Crippen molar-refractivity contribution < 1.29 is 0 Å². The molecule has 0 radical (unpaired) electrons. The molecule has 0 amide bonds. The maximum absolute atomic E-state index is 12.7. The SMILES string of the molecule is Cc1cc(C)c2c(=O)n(CN3CCC(Cc4ccccc4)CC3)sc2n1. The van der Waals surface area contributed by atoms with Gasteiger partial charge in [-0.2, -0.15) is 0 Å². The number of aromatic nitrogens is 2. The van der Waals surface area contributed by atoms with Crippen molar-refractivity contribution in [1.29, 1.82) is 0 Å². The number of rotatable bonds is 4. The maximum Gasteiger partial charge on any atom is 0.271 e. The van der Waals surface area contributed by atoms with Crippen molar-refractivity contribution in [3.63, 3.8) is 0 Å². The van der Waals surface area contributed by atoms with E-state index < -0.39 is 0 Å². The molecule has 0 unspecified atom stereocenters. The Morgan fingerprint density at radius 2 is 1.88 bits per heavy atom. The molecule has 3 aromatic rings. The number of piperidine rings is 1.